The van der Waals surface area contributed by atoms with Crippen molar-refractivity contribution in [2.75, 3.05) is 32.5 Å². The normalized spacial score (nSPS) is 13.0. The van der Waals surface area contributed by atoms with Gasteiger partial charge in [0, 0.05) is 19.8 Å². The minimum Gasteiger partial charge on any atom is -0.373 e. The molecule has 0 atom stereocenters. The van der Waals surface area contributed by atoms with E-state index < -0.39 is 17.0 Å². The van der Waals surface area contributed by atoms with Gasteiger partial charge in [0.15, 0.2) is 0 Å². The van der Waals surface area contributed by atoms with Gasteiger partial charge in [0.25, 0.3) is 0 Å². The molecule has 0 saturated carbocycles. The summed E-state index contributed by atoms with van der Waals surface area (Å²) in [7, 11) is -4.06. The maximum absolute atomic E-state index is 6.12. The smallest absolute Gasteiger partial charge is 0.373 e. The van der Waals surface area contributed by atoms with Gasteiger partial charge in [0.1, 0.15) is 8.24 Å². The van der Waals surface area contributed by atoms with Gasteiger partial charge in [-0.3, -0.25) is 0 Å². The van der Waals surface area contributed by atoms with Gasteiger partial charge >= 0.3 is 8.80 Å². The minimum absolute atomic E-state index is 0.659. The molecule has 0 aromatic heterocycles. The van der Waals surface area contributed by atoms with Crippen LogP contribution in [0.5, 0.6) is 0 Å². The van der Waals surface area contributed by atoms with Crippen LogP contribution in [0.1, 0.15) is 61.3 Å². The topological polar surface area (TPSA) is 30.9 Å². The summed E-state index contributed by atoms with van der Waals surface area (Å²) in [5.74, 6) is 0. The summed E-state index contributed by atoms with van der Waals surface area (Å²) in [4.78, 5) is 0. The lowest BCUT2D eigenvalue weighted by Gasteiger charge is -2.44. The molecule has 0 bridgehead atoms. The molecule has 0 amide bonds. The van der Waals surface area contributed by atoms with Crippen molar-refractivity contribution in [3.05, 3.63) is 0 Å². The lowest BCUT2D eigenvalue weighted by atomic mass is 10.3. The van der Waals surface area contributed by atoms with E-state index in [1.165, 1.54) is 31.0 Å². The first-order valence-electron chi connectivity index (χ1n) is 9.70. The van der Waals surface area contributed by atoms with Gasteiger partial charge in [-0.2, -0.15) is 0 Å². The van der Waals surface area contributed by atoms with Gasteiger partial charge in [0.2, 0.25) is 0 Å². The largest absolute Gasteiger partial charge is 0.515 e. The Morgan fingerprint density at radius 3 is 1.43 bits per heavy atom. The summed E-state index contributed by atoms with van der Waals surface area (Å²) >= 11 is 0. The van der Waals surface area contributed by atoms with Crippen LogP contribution in [-0.4, -0.2) is 54.1 Å². The predicted molar refractivity (Wildman–Crippen MR) is 104 cm³/mol. The van der Waals surface area contributed by atoms with Crippen molar-refractivity contribution in [3.8, 4) is 0 Å². The maximum atomic E-state index is 6.12. The van der Waals surface area contributed by atoms with Crippen LogP contribution in [0.2, 0.25) is 18.1 Å². The lowest BCUT2D eigenvalue weighted by molar-refractivity contribution is 0.0632. The Hall–Kier alpha value is 0.274. The Bertz CT molecular complexity index is 264. The summed E-state index contributed by atoms with van der Waals surface area (Å²) in [6.07, 6.45) is 3.33. The Kier molecular flexibility index (Phi) is 12.8. The highest BCUT2D eigenvalue weighted by Crippen LogP contribution is 2.28. The Morgan fingerprint density at radius 1 is 0.696 bits per heavy atom. The van der Waals surface area contributed by atoms with E-state index in [1.807, 2.05) is 20.8 Å². The maximum Gasteiger partial charge on any atom is 0.515 e. The average Bonchev–Trinajstić information content (AvgIpc) is 2.55. The van der Waals surface area contributed by atoms with E-state index in [2.05, 4.69) is 32.3 Å². The van der Waals surface area contributed by atoms with E-state index in [9.17, 15) is 0 Å². The highest BCUT2D eigenvalue weighted by atomic mass is 28.4. The van der Waals surface area contributed by atoms with Crippen LogP contribution >= 0.6 is 0 Å². The highest BCUT2D eigenvalue weighted by Gasteiger charge is 2.47. The fourth-order valence-corrected chi connectivity index (χ4v) is 11.3. The Balaban J connectivity index is 5.48. The summed E-state index contributed by atoms with van der Waals surface area (Å²) in [5, 5.41) is 0. The Labute approximate surface area is 147 Å². The quantitative estimate of drug-likeness (QED) is 0.395. The van der Waals surface area contributed by atoms with Crippen LogP contribution in [0, 0.1) is 0 Å². The zero-order valence-electron chi connectivity index (χ0n) is 16.7. The number of rotatable bonds is 15. The monoisotopic (exact) mass is 363 g/mol. The fourth-order valence-electron chi connectivity index (χ4n) is 3.41. The van der Waals surface area contributed by atoms with E-state index in [0.717, 1.165) is 12.7 Å². The van der Waals surface area contributed by atoms with Gasteiger partial charge in [-0.25, -0.2) is 0 Å². The van der Waals surface area contributed by atoms with Gasteiger partial charge in [-0.1, -0.05) is 34.1 Å². The first kappa shape index (κ1) is 23.3. The second-order valence-electron chi connectivity index (χ2n) is 6.04. The molecule has 0 N–H and O–H groups in total. The number of hydrogen-bond acceptors (Lipinski definition) is 4. The molecule has 0 aromatic rings. The number of hydrogen-bond donors (Lipinski definition) is 0. The summed E-state index contributed by atoms with van der Waals surface area (Å²) in [5.41, 5.74) is 0. The molecular weight excluding hydrogens is 322 g/mol. The van der Waals surface area contributed by atoms with Gasteiger partial charge in [-0.15, -0.1) is 0 Å². The molecule has 0 rings (SSSR count). The molecule has 0 heterocycles. The third kappa shape index (κ3) is 6.96. The highest BCUT2D eigenvalue weighted by molar-refractivity contribution is 6.78. The van der Waals surface area contributed by atoms with Crippen LogP contribution in [0.4, 0.5) is 0 Å². The summed E-state index contributed by atoms with van der Waals surface area (Å²) < 4.78 is 21.1. The standard InChI is InChI=1S/C17H41NO3Si2/c1-8-15-16-18(22(12-5,13-6)14-7)17-23(19-9-2,20-10-3)21-11-4/h8-17H2,1-7H3. The van der Waals surface area contributed by atoms with E-state index in [1.54, 1.807) is 0 Å². The van der Waals surface area contributed by atoms with Crippen molar-refractivity contribution >= 4 is 17.0 Å². The van der Waals surface area contributed by atoms with Crippen molar-refractivity contribution in [1.29, 1.82) is 0 Å². The van der Waals surface area contributed by atoms with Gasteiger partial charge in [0.05, 0.1) is 6.17 Å². The molecule has 23 heavy (non-hydrogen) atoms. The van der Waals surface area contributed by atoms with Crippen molar-refractivity contribution in [1.82, 2.24) is 4.57 Å². The minimum atomic E-state index is -2.61. The van der Waals surface area contributed by atoms with Crippen molar-refractivity contribution in [2.45, 2.75) is 79.4 Å². The average molecular weight is 364 g/mol. The van der Waals surface area contributed by atoms with Crippen LogP contribution in [-0.2, 0) is 13.3 Å². The molecule has 140 valence electrons. The van der Waals surface area contributed by atoms with E-state index in [0.29, 0.717) is 19.8 Å². The first-order valence-corrected chi connectivity index (χ1v) is 14.2. The molecule has 0 aromatic carbocycles. The van der Waals surface area contributed by atoms with Crippen molar-refractivity contribution in [3.63, 3.8) is 0 Å². The molecule has 0 aliphatic carbocycles. The third-order valence-electron chi connectivity index (χ3n) is 4.90. The second kappa shape index (κ2) is 12.6. The van der Waals surface area contributed by atoms with Crippen LogP contribution < -0.4 is 0 Å². The molecular formula is C17H41NO3Si2. The molecule has 6 heteroatoms. The molecule has 0 aliphatic heterocycles. The molecule has 0 spiro atoms. The summed E-state index contributed by atoms with van der Waals surface area (Å²) in [6.45, 7) is 18.6. The summed E-state index contributed by atoms with van der Waals surface area (Å²) in [6, 6.07) is 3.87. The zero-order valence-corrected chi connectivity index (χ0v) is 18.7. The molecule has 0 fully saturated rings. The SMILES string of the molecule is CCCCN(C[Si](OCC)(OCC)OCC)[Si](CC)(CC)CC. The molecule has 0 unspecified atom stereocenters. The molecule has 0 radical (unpaired) electrons. The lowest BCUT2D eigenvalue weighted by Crippen LogP contribution is -2.63. The van der Waals surface area contributed by atoms with Gasteiger partial charge in [-0.05, 0) is 51.9 Å². The van der Waals surface area contributed by atoms with Crippen LogP contribution in [0.3, 0.4) is 0 Å². The zero-order chi connectivity index (χ0) is 17.8. The fraction of sp³-hybridized carbons (Fsp3) is 1.00. The molecule has 4 nitrogen and oxygen atoms in total. The molecule has 0 saturated heterocycles. The number of unbranched alkanes of at least 4 members (excludes halogenated alkanes) is 1. The second-order valence-corrected chi connectivity index (χ2v) is 13.8. The van der Waals surface area contributed by atoms with Crippen LogP contribution in [0.25, 0.3) is 0 Å². The van der Waals surface area contributed by atoms with Crippen molar-refractivity contribution in [2.24, 2.45) is 0 Å². The van der Waals surface area contributed by atoms with E-state index in [-0.39, 0.29) is 0 Å². The van der Waals surface area contributed by atoms with E-state index in [4.69, 9.17) is 13.3 Å². The first-order chi connectivity index (χ1) is 11.0. The predicted octanol–water partition coefficient (Wildman–Crippen LogP) is 4.68. The van der Waals surface area contributed by atoms with E-state index >= 15 is 0 Å². The van der Waals surface area contributed by atoms with Crippen molar-refractivity contribution < 1.29 is 13.3 Å². The molecule has 0 aliphatic rings. The Morgan fingerprint density at radius 2 is 1.13 bits per heavy atom. The third-order valence-corrected chi connectivity index (χ3v) is 13.8. The van der Waals surface area contributed by atoms with Gasteiger partial charge < -0.3 is 17.8 Å². The van der Waals surface area contributed by atoms with Crippen LogP contribution in [0.15, 0.2) is 0 Å². The number of nitrogens with zero attached hydrogens (tertiary/aromatic N) is 1.